The Kier molecular flexibility index (Phi) is 7.37. The van der Waals surface area contributed by atoms with Crippen LogP contribution in [0.4, 0.5) is 13.2 Å². The number of nitrogens with two attached hydrogens (primary N) is 4. The highest BCUT2D eigenvalue weighted by atomic mass is 19.3. The Morgan fingerprint density at radius 2 is 2.00 bits per heavy atom. The summed E-state index contributed by atoms with van der Waals surface area (Å²) in [7, 11) is 1.36. The first-order chi connectivity index (χ1) is 14.9. The minimum Gasteiger partial charge on any atom is -0.394 e. The number of nitrogens with zero attached hydrogens (tertiary/aromatic N) is 3. The third kappa shape index (κ3) is 5.12. The number of nitrogens with one attached hydrogen (secondary N) is 1. The van der Waals surface area contributed by atoms with Crippen molar-refractivity contribution < 1.29 is 18.0 Å². The molecule has 1 aromatic rings. The van der Waals surface area contributed by atoms with Crippen LogP contribution >= 0.6 is 0 Å². The van der Waals surface area contributed by atoms with Crippen LogP contribution in [-0.4, -0.2) is 42.8 Å². The van der Waals surface area contributed by atoms with E-state index in [9.17, 15) is 18.0 Å². The maximum atomic E-state index is 14.7. The average molecular weight is 450 g/mol. The zero-order valence-electron chi connectivity index (χ0n) is 17.6. The maximum Gasteiger partial charge on any atom is 0.360 e. The molecular formula is C20H25F3N8O. The Morgan fingerprint density at radius 3 is 2.53 bits per heavy atom. The molecule has 32 heavy (non-hydrogen) atoms. The van der Waals surface area contributed by atoms with Crippen molar-refractivity contribution in [1.29, 1.82) is 5.26 Å². The number of aliphatic imine (C=N–C) groups is 1. The van der Waals surface area contributed by atoms with Crippen molar-refractivity contribution in [2.24, 2.45) is 27.9 Å². The molecule has 1 aromatic carbocycles. The highest BCUT2D eigenvalue weighted by molar-refractivity contribution is 6.07. The van der Waals surface area contributed by atoms with E-state index < -0.39 is 29.3 Å². The van der Waals surface area contributed by atoms with Crippen molar-refractivity contribution in [3.05, 3.63) is 58.3 Å². The fourth-order valence-corrected chi connectivity index (χ4v) is 3.03. The number of hydrogen-bond donors (Lipinski definition) is 5. The molecule has 0 aromatic heterocycles. The Bertz CT molecular complexity index is 1020. The first kappa shape index (κ1) is 24.5. The van der Waals surface area contributed by atoms with E-state index in [-0.39, 0.29) is 34.5 Å². The number of halogens is 3. The third-order valence-corrected chi connectivity index (χ3v) is 4.90. The lowest BCUT2D eigenvalue weighted by molar-refractivity contribution is -0.117. The highest BCUT2D eigenvalue weighted by Gasteiger charge is 2.35. The molecule has 12 heteroatoms. The second-order valence-corrected chi connectivity index (χ2v) is 7.23. The molecule has 0 unspecified atom stereocenters. The second-order valence-electron chi connectivity index (χ2n) is 7.23. The number of amidine groups is 1. The monoisotopic (exact) mass is 450 g/mol. The van der Waals surface area contributed by atoms with Crippen LogP contribution in [-0.2, 0) is 10.7 Å². The van der Waals surface area contributed by atoms with Crippen LogP contribution in [0.15, 0.2) is 46.4 Å². The molecule has 1 saturated heterocycles. The minimum absolute atomic E-state index is 0.0203. The lowest BCUT2D eigenvalue weighted by Crippen LogP contribution is -2.56. The number of alkyl halides is 2. The van der Waals surface area contributed by atoms with E-state index in [1.54, 1.807) is 4.90 Å². The average Bonchev–Trinajstić information content (AvgIpc) is 2.73. The van der Waals surface area contributed by atoms with E-state index >= 15 is 0 Å². The summed E-state index contributed by atoms with van der Waals surface area (Å²) in [5.41, 5.74) is 22.1. The van der Waals surface area contributed by atoms with E-state index in [0.717, 1.165) is 12.1 Å². The van der Waals surface area contributed by atoms with Gasteiger partial charge in [0.1, 0.15) is 23.4 Å². The topological polar surface area (TPSA) is 173 Å². The van der Waals surface area contributed by atoms with Gasteiger partial charge in [0.15, 0.2) is 0 Å². The number of hydrogen-bond acceptors (Lipinski definition) is 7. The van der Waals surface area contributed by atoms with Crippen LogP contribution in [0.5, 0.6) is 0 Å². The lowest BCUT2D eigenvalue weighted by Gasteiger charge is -2.38. The smallest absolute Gasteiger partial charge is 0.360 e. The van der Waals surface area contributed by atoms with Crippen molar-refractivity contribution in [3.8, 4) is 6.07 Å². The van der Waals surface area contributed by atoms with Crippen LogP contribution in [0.2, 0.25) is 0 Å². The molecule has 0 radical (unpaired) electrons. The Morgan fingerprint density at radius 1 is 1.38 bits per heavy atom. The van der Waals surface area contributed by atoms with Crippen LogP contribution in [0, 0.1) is 17.1 Å². The van der Waals surface area contributed by atoms with Crippen LogP contribution < -0.4 is 28.3 Å². The van der Waals surface area contributed by atoms with Crippen LogP contribution in [0.1, 0.15) is 24.1 Å². The SMILES string of the molecule is CNC(=O)/C(N)=C(/C=C(\N)N1CC(N)C1)C(N)=N[C@H](C)c1cccc(C(F)(F)C#N)c1F. The molecule has 1 aliphatic heterocycles. The van der Waals surface area contributed by atoms with E-state index in [0.29, 0.717) is 13.1 Å². The fourth-order valence-electron chi connectivity index (χ4n) is 3.03. The van der Waals surface area contributed by atoms with Gasteiger partial charge in [-0.05, 0) is 19.1 Å². The molecule has 0 bridgehead atoms. The first-order valence-electron chi connectivity index (χ1n) is 9.54. The Balaban J connectivity index is 2.48. The van der Waals surface area contributed by atoms with E-state index in [1.165, 1.54) is 32.2 Å². The van der Waals surface area contributed by atoms with Crippen LogP contribution in [0.25, 0.3) is 0 Å². The highest BCUT2D eigenvalue weighted by Crippen LogP contribution is 2.33. The molecule has 1 heterocycles. The zero-order valence-corrected chi connectivity index (χ0v) is 17.6. The van der Waals surface area contributed by atoms with Gasteiger partial charge in [0.25, 0.3) is 5.91 Å². The summed E-state index contributed by atoms with van der Waals surface area (Å²) >= 11 is 0. The number of rotatable bonds is 7. The minimum atomic E-state index is -4.01. The molecule has 1 atom stereocenters. The maximum absolute atomic E-state index is 14.7. The number of likely N-dealkylation sites (tertiary alicyclic amines) is 1. The summed E-state index contributed by atoms with van der Waals surface area (Å²) in [5, 5.41) is 11.0. The molecule has 0 spiro atoms. The molecule has 0 saturated carbocycles. The predicted molar refractivity (Wildman–Crippen MR) is 113 cm³/mol. The number of carbonyl (C=O) groups is 1. The summed E-state index contributed by atoms with van der Waals surface area (Å²) in [6.45, 7) is 2.40. The first-order valence-corrected chi connectivity index (χ1v) is 9.54. The summed E-state index contributed by atoms with van der Waals surface area (Å²) < 4.78 is 42.2. The summed E-state index contributed by atoms with van der Waals surface area (Å²) in [6, 6.07) is 2.91. The standard InChI is InChI=1S/C20H25F3N8O/c1-10(12-4-3-5-14(16(12)21)20(22,23)9-24)30-18(28)13(17(27)19(32)29-2)6-15(26)31-7-11(25)8-31/h3-6,10-11H,7-8,25-27H2,1-2H3,(H2,28,30)(H,29,32)/b15-6+,17-13+/t10-/m1/s1. The molecular weight excluding hydrogens is 425 g/mol. The molecule has 172 valence electrons. The summed E-state index contributed by atoms with van der Waals surface area (Å²) in [5.74, 6) is -5.97. The van der Waals surface area contributed by atoms with Crippen molar-refractivity contribution in [2.75, 3.05) is 20.1 Å². The summed E-state index contributed by atoms with van der Waals surface area (Å²) in [6.07, 6.45) is 1.35. The number of likely N-dealkylation sites (N-methyl/N-ethyl adjacent to an activating group) is 1. The van der Waals surface area contributed by atoms with E-state index in [4.69, 9.17) is 28.2 Å². The molecule has 1 fully saturated rings. The lowest BCUT2D eigenvalue weighted by atomic mass is 10.0. The third-order valence-electron chi connectivity index (χ3n) is 4.90. The fraction of sp³-hybridized carbons (Fsp3) is 0.350. The normalized spacial score (nSPS) is 17.2. The zero-order chi connectivity index (χ0) is 24.2. The van der Waals surface area contributed by atoms with E-state index in [2.05, 4.69) is 10.3 Å². The molecule has 0 aliphatic carbocycles. The van der Waals surface area contributed by atoms with Gasteiger partial charge in [0.2, 0.25) is 0 Å². The van der Waals surface area contributed by atoms with Gasteiger partial charge in [-0.1, -0.05) is 12.1 Å². The molecule has 9 N–H and O–H groups in total. The second kappa shape index (κ2) is 9.61. The van der Waals surface area contributed by atoms with Crippen LogP contribution in [0.3, 0.4) is 0 Å². The molecule has 2 rings (SSSR count). The quantitative estimate of drug-likeness (QED) is 0.171. The number of benzene rings is 1. The molecule has 1 amide bonds. The number of nitriles is 1. The number of carbonyl (C=O) groups excluding carboxylic acids is 1. The van der Waals surface area contributed by atoms with Gasteiger partial charge < -0.3 is 33.2 Å². The Hall–Kier alpha value is -3.72. The van der Waals surface area contributed by atoms with Gasteiger partial charge in [-0.3, -0.25) is 9.79 Å². The largest absolute Gasteiger partial charge is 0.394 e. The predicted octanol–water partition coefficient (Wildman–Crippen LogP) is 0.261. The Labute approximate surface area is 183 Å². The van der Waals surface area contributed by atoms with Crippen molar-refractivity contribution >= 4 is 11.7 Å². The van der Waals surface area contributed by atoms with Gasteiger partial charge in [-0.25, -0.2) is 4.39 Å². The molecule has 9 nitrogen and oxygen atoms in total. The van der Waals surface area contributed by atoms with Crippen molar-refractivity contribution in [2.45, 2.75) is 24.9 Å². The van der Waals surface area contributed by atoms with Gasteiger partial charge in [-0.15, -0.1) is 0 Å². The van der Waals surface area contributed by atoms with Crippen molar-refractivity contribution in [1.82, 2.24) is 10.2 Å². The van der Waals surface area contributed by atoms with Gasteiger partial charge in [0.05, 0.1) is 17.4 Å². The van der Waals surface area contributed by atoms with Gasteiger partial charge >= 0.3 is 5.92 Å². The summed E-state index contributed by atoms with van der Waals surface area (Å²) in [4.78, 5) is 17.9. The van der Waals surface area contributed by atoms with Crippen molar-refractivity contribution in [3.63, 3.8) is 0 Å². The van der Waals surface area contributed by atoms with Gasteiger partial charge in [0, 0.05) is 37.3 Å². The number of amides is 1. The molecule has 1 aliphatic rings. The van der Waals surface area contributed by atoms with Gasteiger partial charge in [-0.2, -0.15) is 14.0 Å². The van der Waals surface area contributed by atoms with E-state index in [1.807, 2.05) is 0 Å².